The molecule has 2 heterocycles. The van der Waals surface area contributed by atoms with E-state index in [4.69, 9.17) is 23.7 Å². The second-order valence-electron chi connectivity index (χ2n) is 9.48. The highest BCUT2D eigenvalue weighted by atomic mass is 16.6. The van der Waals surface area contributed by atoms with Crippen molar-refractivity contribution in [1.29, 1.82) is 0 Å². The number of hydrogen-bond acceptors (Lipinski definition) is 6. The van der Waals surface area contributed by atoms with E-state index in [1.54, 1.807) is 12.0 Å². The van der Waals surface area contributed by atoms with E-state index in [0.717, 1.165) is 35.1 Å². The molecular weight excluding hydrogens is 410 g/mol. The van der Waals surface area contributed by atoms with Crippen LogP contribution >= 0.6 is 0 Å². The van der Waals surface area contributed by atoms with Crippen molar-refractivity contribution in [2.24, 2.45) is 0 Å². The fourth-order valence-electron chi connectivity index (χ4n) is 3.93. The van der Waals surface area contributed by atoms with Crippen LogP contribution in [0.1, 0.15) is 32.8 Å². The monoisotopic (exact) mass is 443 g/mol. The van der Waals surface area contributed by atoms with Crippen molar-refractivity contribution in [1.82, 2.24) is 4.90 Å². The van der Waals surface area contributed by atoms with Crippen LogP contribution in [-0.4, -0.2) is 68.3 Å². The molecule has 0 aliphatic carbocycles. The van der Waals surface area contributed by atoms with E-state index in [1.165, 1.54) is 0 Å². The number of carbonyl (C=O) groups excluding carboxylic acids is 1. The summed E-state index contributed by atoms with van der Waals surface area (Å²) in [7, 11) is 1.68. The highest BCUT2D eigenvalue weighted by Gasteiger charge is 2.35. The molecule has 0 aromatic heterocycles. The molecule has 1 amide bonds. The first kappa shape index (κ1) is 22.8. The number of rotatable bonds is 7. The molecule has 2 aliphatic heterocycles. The Balaban J connectivity index is 1.43. The first-order chi connectivity index (χ1) is 15.3. The van der Waals surface area contributed by atoms with E-state index in [-0.39, 0.29) is 24.4 Å². The molecular formula is C25H33NO6. The van der Waals surface area contributed by atoms with Gasteiger partial charge in [-0.05, 0) is 43.9 Å². The average Bonchev–Trinajstić information content (AvgIpc) is 3.59. The molecule has 174 valence electrons. The van der Waals surface area contributed by atoms with Gasteiger partial charge in [0.2, 0.25) is 0 Å². The van der Waals surface area contributed by atoms with E-state index in [9.17, 15) is 4.79 Å². The molecule has 4 rings (SSSR count). The van der Waals surface area contributed by atoms with Crippen molar-refractivity contribution in [3.63, 3.8) is 0 Å². The van der Waals surface area contributed by atoms with Gasteiger partial charge >= 0.3 is 6.09 Å². The van der Waals surface area contributed by atoms with Gasteiger partial charge in [0.05, 0.1) is 52.2 Å². The fraction of sp³-hybridized carbons (Fsp3) is 0.560. The largest absolute Gasteiger partial charge is 0.496 e. The number of carbonyl (C=O) groups is 1. The number of nitrogens with zero attached hydrogens (tertiary/aromatic N) is 1. The third-order valence-corrected chi connectivity index (χ3v) is 5.53. The maximum atomic E-state index is 12.7. The van der Waals surface area contributed by atoms with Crippen LogP contribution in [0.4, 0.5) is 4.79 Å². The standard InChI is InChI=1S/C25H33NO6/c1-25(2,3)32-24(27)26-12-19(11-20(13-26)30-15-21-16-31-21)29-14-17-9-18-7-5-6-8-22(18)23(10-17)28-4/h5-10,19-21H,11-16H2,1-4H3/t19?,20?,21-/m0/s1. The van der Waals surface area contributed by atoms with E-state index >= 15 is 0 Å². The van der Waals surface area contributed by atoms with Crippen molar-refractivity contribution in [3.8, 4) is 5.75 Å². The molecule has 3 atom stereocenters. The van der Waals surface area contributed by atoms with Crippen molar-refractivity contribution in [3.05, 3.63) is 42.0 Å². The van der Waals surface area contributed by atoms with Crippen LogP contribution in [0.3, 0.4) is 0 Å². The molecule has 32 heavy (non-hydrogen) atoms. The minimum Gasteiger partial charge on any atom is -0.496 e. The van der Waals surface area contributed by atoms with Crippen molar-refractivity contribution in [2.45, 2.75) is 57.7 Å². The van der Waals surface area contributed by atoms with Gasteiger partial charge in [-0.2, -0.15) is 0 Å². The molecule has 2 aromatic carbocycles. The number of likely N-dealkylation sites (tertiary alicyclic amines) is 1. The van der Waals surface area contributed by atoms with E-state index < -0.39 is 5.60 Å². The number of methoxy groups -OCH3 is 1. The van der Waals surface area contributed by atoms with Gasteiger partial charge in [0.15, 0.2) is 0 Å². The summed E-state index contributed by atoms with van der Waals surface area (Å²) in [5.74, 6) is 0.825. The van der Waals surface area contributed by atoms with Crippen LogP contribution in [0.15, 0.2) is 36.4 Å². The summed E-state index contributed by atoms with van der Waals surface area (Å²) in [6.45, 7) is 8.28. The molecule has 2 aliphatic rings. The fourth-order valence-corrected chi connectivity index (χ4v) is 3.93. The third-order valence-electron chi connectivity index (χ3n) is 5.53. The molecule has 0 bridgehead atoms. The number of amides is 1. The predicted molar refractivity (Wildman–Crippen MR) is 121 cm³/mol. The Kier molecular flexibility index (Phi) is 6.88. The van der Waals surface area contributed by atoms with Crippen LogP contribution in [0.25, 0.3) is 10.8 Å². The van der Waals surface area contributed by atoms with Crippen molar-refractivity contribution < 1.29 is 28.5 Å². The van der Waals surface area contributed by atoms with E-state index in [1.807, 2.05) is 45.0 Å². The topological polar surface area (TPSA) is 69.8 Å². The zero-order valence-electron chi connectivity index (χ0n) is 19.3. The molecule has 2 aromatic rings. The van der Waals surface area contributed by atoms with Crippen molar-refractivity contribution in [2.75, 3.05) is 33.4 Å². The van der Waals surface area contributed by atoms with Gasteiger partial charge in [-0.3, -0.25) is 0 Å². The minimum absolute atomic E-state index is 0.114. The van der Waals surface area contributed by atoms with Crippen LogP contribution in [0, 0.1) is 0 Å². The summed E-state index contributed by atoms with van der Waals surface area (Å²) in [4.78, 5) is 14.4. The normalized spacial score (nSPS) is 23.2. The summed E-state index contributed by atoms with van der Waals surface area (Å²) in [5, 5.41) is 2.18. The maximum absolute atomic E-state index is 12.7. The molecule has 0 spiro atoms. The summed E-state index contributed by atoms with van der Waals surface area (Å²) >= 11 is 0. The molecule has 2 fully saturated rings. The van der Waals surface area contributed by atoms with Gasteiger partial charge in [-0.25, -0.2) is 4.79 Å². The second kappa shape index (κ2) is 9.65. The summed E-state index contributed by atoms with van der Waals surface area (Å²) in [6, 6.07) is 12.2. The van der Waals surface area contributed by atoms with Gasteiger partial charge in [0.25, 0.3) is 0 Å². The summed E-state index contributed by atoms with van der Waals surface area (Å²) < 4.78 is 28.7. The lowest BCUT2D eigenvalue weighted by atomic mass is 10.0. The smallest absolute Gasteiger partial charge is 0.410 e. The van der Waals surface area contributed by atoms with E-state index in [2.05, 4.69) is 12.1 Å². The van der Waals surface area contributed by atoms with Gasteiger partial charge in [-0.15, -0.1) is 0 Å². The van der Waals surface area contributed by atoms with Crippen LogP contribution in [0.2, 0.25) is 0 Å². The molecule has 0 radical (unpaired) electrons. The zero-order valence-corrected chi connectivity index (χ0v) is 19.3. The number of epoxide rings is 1. The Morgan fingerprint density at radius 2 is 1.84 bits per heavy atom. The zero-order chi connectivity index (χ0) is 22.7. The van der Waals surface area contributed by atoms with Gasteiger partial charge in [0.1, 0.15) is 17.5 Å². The Morgan fingerprint density at radius 3 is 2.53 bits per heavy atom. The van der Waals surface area contributed by atoms with Crippen LogP contribution in [-0.2, 0) is 25.6 Å². The Morgan fingerprint density at radius 1 is 1.12 bits per heavy atom. The molecule has 7 nitrogen and oxygen atoms in total. The molecule has 0 N–H and O–H groups in total. The lowest BCUT2D eigenvalue weighted by Gasteiger charge is -2.38. The SMILES string of the molecule is COc1cc(COC2CC(OC[C@H]3CO3)CN(C(=O)OC(C)(C)C)C2)cc2ccccc12. The highest BCUT2D eigenvalue weighted by molar-refractivity contribution is 5.89. The Bertz CT molecular complexity index is 936. The lowest BCUT2D eigenvalue weighted by Crippen LogP contribution is -2.51. The van der Waals surface area contributed by atoms with Crippen molar-refractivity contribution >= 4 is 16.9 Å². The number of hydrogen-bond donors (Lipinski definition) is 0. The molecule has 7 heteroatoms. The lowest BCUT2D eigenvalue weighted by molar-refractivity contribution is -0.0823. The highest BCUT2D eigenvalue weighted by Crippen LogP contribution is 2.28. The minimum atomic E-state index is -0.551. The first-order valence-corrected chi connectivity index (χ1v) is 11.2. The first-order valence-electron chi connectivity index (χ1n) is 11.2. The van der Waals surface area contributed by atoms with E-state index in [0.29, 0.717) is 26.3 Å². The van der Waals surface area contributed by atoms with Gasteiger partial charge < -0.3 is 28.6 Å². The number of ether oxygens (including phenoxy) is 5. The molecule has 2 saturated heterocycles. The Labute approximate surface area is 189 Å². The molecule has 2 unspecified atom stereocenters. The summed E-state index contributed by atoms with van der Waals surface area (Å²) in [5.41, 5.74) is 0.476. The van der Waals surface area contributed by atoms with Gasteiger partial charge in [-0.1, -0.05) is 24.3 Å². The summed E-state index contributed by atoms with van der Waals surface area (Å²) in [6.07, 6.45) is 0.290. The number of fused-ring (bicyclic) bond motifs is 1. The number of benzene rings is 2. The quantitative estimate of drug-likeness (QED) is 0.599. The van der Waals surface area contributed by atoms with Crippen LogP contribution in [0.5, 0.6) is 5.75 Å². The third kappa shape index (κ3) is 6.12. The Hall–Kier alpha value is -2.35. The number of piperidine rings is 1. The molecule has 0 saturated carbocycles. The van der Waals surface area contributed by atoms with Gasteiger partial charge in [0, 0.05) is 11.8 Å². The second-order valence-corrected chi connectivity index (χ2v) is 9.48. The van der Waals surface area contributed by atoms with Crippen LogP contribution < -0.4 is 4.74 Å². The average molecular weight is 444 g/mol. The predicted octanol–water partition coefficient (Wildman–Crippen LogP) is 4.16. The maximum Gasteiger partial charge on any atom is 0.410 e.